The van der Waals surface area contributed by atoms with Gasteiger partial charge in [0, 0.05) is 37.8 Å². The zero-order valence-electron chi connectivity index (χ0n) is 13.7. The molecule has 0 radical (unpaired) electrons. The molecule has 118 valence electrons. The van der Waals surface area contributed by atoms with Gasteiger partial charge in [-0.05, 0) is 45.5 Å². The van der Waals surface area contributed by atoms with E-state index >= 15 is 0 Å². The van der Waals surface area contributed by atoms with Gasteiger partial charge in [-0.3, -0.25) is 9.80 Å². The van der Waals surface area contributed by atoms with Gasteiger partial charge in [-0.25, -0.2) is 0 Å². The highest BCUT2D eigenvalue weighted by molar-refractivity contribution is 5.29. The van der Waals surface area contributed by atoms with Crippen LogP contribution in [0.25, 0.3) is 0 Å². The van der Waals surface area contributed by atoms with Crippen molar-refractivity contribution in [1.29, 1.82) is 0 Å². The number of nitrogens with two attached hydrogens (primary N) is 1. The Hall–Kier alpha value is -1.10. The highest BCUT2D eigenvalue weighted by Gasteiger charge is 2.27. The number of hydrogen-bond donors (Lipinski definition) is 1. The molecule has 1 fully saturated rings. The predicted molar refractivity (Wildman–Crippen MR) is 87.7 cm³/mol. The van der Waals surface area contributed by atoms with Crippen molar-refractivity contribution in [3.05, 3.63) is 29.8 Å². The maximum absolute atomic E-state index is 6.38. The molecule has 3 unspecified atom stereocenters. The molecular formula is C17H29N3O. The molecule has 2 N–H and O–H groups in total. The molecule has 3 atom stereocenters. The number of hydrogen-bond acceptors (Lipinski definition) is 4. The Morgan fingerprint density at radius 3 is 2.29 bits per heavy atom. The molecule has 1 aromatic rings. The lowest BCUT2D eigenvalue weighted by Gasteiger charge is -2.43. The Kier molecular flexibility index (Phi) is 5.62. The predicted octanol–water partition coefficient (Wildman–Crippen LogP) is 2.11. The average Bonchev–Trinajstić information content (AvgIpc) is 2.45. The van der Waals surface area contributed by atoms with E-state index < -0.39 is 0 Å². The highest BCUT2D eigenvalue weighted by Crippen LogP contribution is 2.20. The summed E-state index contributed by atoms with van der Waals surface area (Å²) in [7, 11) is 2.21. The molecular weight excluding hydrogens is 262 g/mol. The summed E-state index contributed by atoms with van der Waals surface area (Å²) in [4.78, 5) is 4.93. The van der Waals surface area contributed by atoms with E-state index in [-0.39, 0.29) is 6.04 Å². The number of rotatable bonds is 5. The fourth-order valence-electron chi connectivity index (χ4n) is 3.02. The van der Waals surface area contributed by atoms with E-state index in [4.69, 9.17) is 10.5 Å². The van der Waals surface area contributed by atoms with Crippen LogP contribution >= 0.6 is 0 Å². The van der Waals surface area contributed by atoms with Crippen LogP contribution in [0.15, 0.2) is 24.3 Å². The average molecular weight is 291 g/mol. The zero-order chi connectivity index (χ0) is 15.4. The van der Waals surface area contributed by atoms with Crippen molar-refractivity contribution in [3.8, 4) is 5.75 Å². The lowest BCUT2D eigenvalue weighted by atomic mass is 10.0. The Bertz CT molecular complexity index is 422. The summed E-state index contributed by atoms with van der Waals surface area (Å²) in [5.41, 5.74) is 7.56. The smallest absolute Gasteiger partial charge is 0.119 e. The van der Waals surface area contributed by atoms with Gasteiger partial charge in [0.15, 0.2) is 0 Å². The third-order valence-corrected chi connectivity index (χ3v) is 4.51. The van der Waals surface area contributed by atoms with Gasteiger partial charge in [0.05, 0.1) is 6.61 Å². The van der Waals surface area contributed by atoms with Gasteiger partial charge < -0.3 is 10.5 Å². The SMILES string of the molecule is CCOc1ccc(C(N)CN2CC(C)N(C)C(C)C2)cc1. The van der Waals surface area contributed by atoms with E-state index in [1.807, 2.05) is 19.1 Å². The quantitative estimate of drug-likeness (QED) is 0.902. The van der Waals surface area contributed by atoms with Crippen molar-refractivity contribution in [2.45, 2.75) is 38.9 Å². The highest BCUT2D eigenvalue weighted by atomic mass is 16.5. The van der Waals surface area contributed by atoms with Crippen LogP contribution in [-0.4, -0.2) is 55.2 Å². The number of benzene rings is 1. The van der Waals surface area contributed by atoms with Crippen LogP contribution in [0.2, 0.25) is 0 Å². The Morgan fingerprint density at radius 2 is 1.76 bits per heavy atom. The zero-order valence-corrected chi connectivity index (χ0v) is 13.7. The van der Waals surface area contributed by atoms with E-state index in [9.17, 15) is 0 Å². The maximum Gasteiger partial charge on any atom is 0.119 e. The third kappa shape index (κ3) is 4.19. The molecule has 0 amide bonds. The van der Waals surface area contributed by atoms with Crippen molar-refractivity contribution in [3.63, 3.8) is 0 Å². The lowest BCUT2D eigenvalue weighted by molar-refractivity contribution is 0.0566. The summed E-state index contributed by atoms with van der Waals surface area (Å²) in [6.45, 7) is 10.3. The molecule has 0 bridgehead atoms. The Morgan fingerprint density at radius 1 is 1.19 bits per heavy atom. The largest absolute Gasteiger partial charge is 0.494 e. The van der Waals surface area contributed by atoms with Gasteiger partial charge in [0.25, 0.3) is 0 Å². The minimum atomic E-state index is 0.0588. The van der Waals surface area contributed by atoms with Gasteiger partial charge in [-0.15, -0.1) is 0 Å². The number of piperazine rings is 1. The summed E-state index contributed by atoms with van der Waals surface area (Å²) in [6.07, 6.45) is 0. The Labute approximate surface area is 128 Å². The van der Waals surface area contributed by atoms with Crippen molar-refractivity contribution >= 4 is 0 Å². The summed E-state index contributed by atoms with van der Waals surface area (Å²) >= 11 is 0. The van der Waals surface area contributed by atoms with Gasteiger partial charge >= 0.3 is 0 Å². The van der Waals surface area contributed by atoms with E-state index in [1.165, 1.54) is 5.56 Å². The van der Waals surface area contributed by atoms with E-state index in [1.54, 1.807) is 0 Å². The molecule has 4 nitrogen and oxygen atoms in total. The third-order valence-electron chi connectivity index (χ3n) is 4.51. The summed E-state index contributed by atoms with van der Waals surface area (Å²) in [5.74, 6) is 0.912. The first-order valence-corrected chi connectivity index (χ1v) is 7.94. The molecule has 4 heteroatoms. The molecule has 0 aliphatic carbocycles. The van der Waals surface area contributed by atoms with Crippen molar-refractivity contribution in [2.24, 2.45) is 5.73 Å². The standard InChI is InChI=1S/C17H29N3O/c1-5-21-16-8-6-15(7-9-16)17(18)12-20-10-13(2)19(4)14(3)11-20/h6-9,13-14,17H,5,10-12,18H2,1-4H3. The number of nitrogens with zero attached hydrogens (tertiary/aromatic N) is 2. The normalized spacial score (nSPS) is 25.8. The van der Waals surface area contributed by atoms with Crippen molar-refractivity contribution in [2.75, 3.05) is 33.3 Å². The summed E-state index contributed by atoms with van der Waals surface area (Å²) in [6, 6.07) is 9.41. The second-order valence-corrected chi connectivity index (χ2v) is 6.19. The molecule has 21 heavy (non-hydrogen) atoms. The summed E-state index contributed by atoms with van der Waals surface area (Å²) < 4.78 is 5.47. The molecule has 2 rings (SSSR count). The molecule has 1 saturated heterocycles. The van der Waals surface area contributed by atoms with E-state index in [2.05, 4.69) is 42.8 Å². The second-order valence-electron chi connectivity index (χ2n) is 6.19. The van der Waals surface area contributed by atoms with Crippen LogP contribution in [0.3, 0.4) is 0 Å². The first kappa shape index (κ1) is 16.3. The van der Waals surface area contributed by atoms with Crippen LogP contribution in [0.5, 0.6) is 5.75 Å². The van der Waals surface area contributed by atoms with Gasteiger partial charge in [0.2, 0.25) is 0 Å². The Balaban J connectivity index is 1.93. The number of ether oxygens (including phenoxy) is 1. The molecule has 1 aromatic carbocycles. The van der Waals surface area contributed by atoms with Crippen LogP contribution < -0.4 is 10.5 Å². The molecule has 1 aliphatic heterocycles. The molecule has 0 aromatic heterocycles. The molecule has 0 spiro atoms. The van der Waals surface area contributed by atoms with Crippen LogP contribution in [0, 0.1) is 0 Å². The van der Waals surface area contributed by atoms with E-state index in [0.717, 1.165) is 25.4 Å². The van der Waals surface area contributed by atoms with Gasteiger partial charge in [0.1, 0.15) is 5.75 Å². The van der Waals surface area contributed by atoms with Crippen LogP contribution in [-0.2, 0) is 0 Å². The minimum Gasteiger partial charge on any atom is -0.494 e. The molecule has 0 saturated carbocycles. The first-order chi connectivity index (χ1) is 10.0. The van der Waals surface area contributed by atoms with Crippen molar-refractivity contribution < 1.29 is 4.74 Å². The van der Waals surface area contributed by atoms with Crippen molar-refractivity contribution in [1.82, 2.24) is 9.80 Å². The second kappa shape index (κ2) is 7.25. The fraction of sp³-hybridized carbons (Fsp3) is 0.647. The number of likely N-dealkylation sites (N-methyl/N-ethyl adjacent to an activating group) is 1. The van der Waals surface area contributed by atoms with Gasteiger partial charge in [-0.2, -0.15) is 0 Å². The monoisotopic (exact) mass is 291 g/mol. The molecule has 1 heterocycles. The van der Waals surface area contributed by atoms with Crippen LogP contribution in [0.4, 0.5) is 0 Å². The maximum atomic E-state index is 6.38. The molecule has 1 aliphatic rings. The topological polar surface area (TPSA) is 41.7 Å². The minimum absolute atomic E-state index is 0.0588. The fourth-order valence-corrected chi connectivity index (χ4v) is 3.02. The lowest BCUT2D eigenvalue weighted by Crippen LogP contribution is -2.55. The summed E-state index contributed by atoms with van der Waals surface area (Å²) in [5, 5.41) is 0. The van der Waals surface area contributed by atoms with Crippen LogP contribution in [0.1, 0.15) is 32.4 Å². The van der Waals surface area contributed by atoms with Gasteiger partial charge in [-0.1, -0.05) is 12.1 Å². The van der Waals surface area contributed by atoms with E-state index in [0.29, 0.717) is 18.7 Å². The first-order valence-electron chi connectivity index (χ1n) is 7.94.